The van der Waals surface area contributed by atoms with Gasteiger partial charge in [0.25, 0.3) is 0 Å². The first-order valence-corrected chi connectivity index (χ1v) is 9.14. The van der Waals surface area contributed by atoms with Crippen LogP contribution in [-0.4, -0.2) is 21.9 Å². The number of fused-ring (bicyclic) bond motifs is 1. The molecule has 2 aliphatic carbocycles. The minimum absolute atomic E-state index is 0.0601. The van der Waals surface area contributed by atoms with Gasteiger partial charge in [0, 0.05) is 0 Å². The van der Waals surface area contributed by atoms with Crippen LogP contribution in [0.5, 0.6) is 0 Å². The quantitative estimate of drug-likeness (QED) is 0.782. The standard InChI is InChI=1S/C19H36O2/c1-14(8-6-12-18(2,3)21)15-9-5-10-16-17(20)11-7-13-19(15,16)4/h14-17,20-21H,5-13H2,1-4H3. The SMILES string of the molecule is CC(CCCC(C)(C)O)C1CCCC2C(O)CCCC12C. The molecule has 2 saturated carbocycles. The van der Waals surface area contributed by atoms with Gasteiger partial charge in [-0.3, -0.25) is 0 Å². The number of rotatable bonds is 5. The van der Waals surface area contributed by atoms with Gasteiger partial charge >= 0.3 is 0 Å². The van der Waals surface area contributed by atoms with Crippen LogP contribution in [-0.2, 0) is 0 Å². The summed E-state index contributed by atoms with van der Waals surface area (Å²) in [4.78, 5) is 0. The van der Waals surface area contributed by atoms with Crippen molar-refractivity contribution >= 4 is 0 Å². The summed E-state index contributed by atoms with van der Waals surface area (Å²) >= 11 is 0. The van der Waals surface area contributed by atoms with Gasteiger partial charge in [-0.25, -0.2) is 0 Å². The van der Waals surface area contributed by atoms with Crippen LogP contribution in [0.15, 0.2) is 0 Å². The van der Waals surface area contributed by atoms with Gasteiger partial charge in [-0.15, -0.1) is 0 Å². The largest absolute Gasteiger partial charge is 0.393 e. The molecule has 5 atom stereocenters. The van der Waals surface area contributed by atoms with Gasteiger partial charge < -0.3 is 10.2 Å². The van der Waals surface area contributed by atoms with Crippen LogP contribution >= 0.6 is 0 Å². The summed E-state index contributed by atoms with van der Waals surface area (Å²) in [6, 6.07) is 0. The molecule has 0 amide bonds. The summed E-state index contributed by atoms with van der Waals surface area (Å²) in [6.45, 7) is 8.68. The van der Waals surface area contributed by atoms with Crippen molar-refractivity contribution in [3.8, 4) is 0 Å². The average molecular weight is 296 g/mol. The third-order valence-corrected chi connectivity index (χ3v) is 6.54. The molecule has 0 aromatic heterocycles. The first-order chi connectivity index (χ1) is 9.74. The van der Waals surface area contributed by atoms with E-state index in [0.29, 0.717) is 17.3 Å². The molecular formula is C19H36O2. The molecule has 0 aromatic rings. The van der Waals surface area contributed by atoms with Crippen molar-refractivity contribution in [3.05, 3.63) is 0 Å². The van der Waals surface area contributed by atoms with Crippen LogP contribution < -0.4 is 0 Å². The third-order valence-electron chi connectivity index (χ3n) is 6.54. The fourth-order valence-electron chi connectivity index (χ4n) is 5.38. The van der Waals surface area contributed by atoms with E-state index in [4.69, 9.17) is 0 Å². The average Bonchev–Trinajstić information content (AvgIpc) is 2.36. The lowest BCUT2D eigenvalue weighted by Gasteiger charge is -2.54. The maximum Gasteiger partial charge on any atom is 0.0591 e. The van der Waals surface area contributed by atoms with Gasteiger partial charge in [0.2, 0.25) is 0 Å². The fraction of sp³-hybridized carbons (Fsp3) is 1.00. The third kappa shape index (κ3) is 4.01. The second-order valence-electron chi connectivity index (χ2n) is 8.79. The molecule has 0 saturated heterocycles. The fourth-order valence-corrected chi connectivity index (χ4v) is 5.38. The smallest absolute Gasteiger partial charge is 0.0591 e. The molecule has 2 nitrogen and oxygen atoms in total. The highest BCUT2D eigenvalue weighted by Gasteiger charge is 2.49. The Morgan fingerprint density at radius 1 is 1.19 bits per heavy atom. The lowest BCUT2D eigenvalue weighted by Crippen LogP contribution is -2.49. The van der Waals surface area contributed by atoms with E-state index in [9.17, 15) is 10.2 Å². The van der Waals surface area contributed by atoms with E-state index in [1.807, 2.05) is 13.8 Å². The summed E-state index contributed by atoms with van der Waals surface area (Å²) < 4.78 is 0. The van der Waals surface area contributed by atoms with Crippen LogP contribution in [0, 0.1) is 23.2 Å². The molecule has 0 spiro atoms. The van der Waals surface area contributed by atoms with E-state index < -0.39 is 5.60 Å². The molecule has 2 heteroatoms. The Labute approximate surface area is 131 Å². The van der Waals surface area contributed by atoms with Crippen molar-refractivity contribution in [2.24, 2.45) is 23.2 Å². The van der Waals surface area contributed by atoms with Crippen molar-refractivity contribution in [1.82, 2.24) is 0 Å². The van der Waals surface area contributed by atoms with Gasteiger partial charge in [-0.1, -0.05) is 39.5 Å². The van der Waals surface area contributed by atoms with Crippen molar-refractivity contribution in [3.63, 3.8) is 0 Å². The number of aliphatic hydroxyl groups is 2. The Balaban J connectivity index is 1.97. The summed E-state index contributed by atoms with van der Waals surface area (Å²) in [5.41, 5.74) is -0.177. The number of hydrogen-bond donors (Lipinski definition) is 2. The number of aliphatic hydroxyl groups excluding tert-OH is 1. The first-order valence-electron chi connectivity index (χ1n) is 9.14. The van der Waals surface area contributed by atoms with Crippen LogP contribution in [0.4, 0.5) is 0 Å². The van der Waals surface area contributed by atoms with E-state index in [2.05, 4.69) is 13.8 Å². The van der Waals surface area contributed by atoms with Crippen molar-refractivity contribution in [1.29, 1.82) is 0 Å². The molecular weight excluding hydrogens is 260 g/mol. The Bertz CT molecular complexity index is 333. The molecule has 0 radical (unpaired) electrons. The molecule has 0 aliphatic heterocycles. The molecule has 124 valence electrons. The molecule has 2 aliphatic rings. The molecule has 0 bridgehead atoms. The van der Waals surface area contributed by atoms with Gasteiger partial charge in [0.05, 0.1) is 11.7 Å². The van der Waals surface area contributed by atoms with Crippen molar-refractivity contribution < 1.29 is 10.2 Å². The molecule has 5 unspecified atom stereocenters. The Kier molecular flexibility index (Phi) is 5.41. The maximum atomic E-state index is 10.4. The van der Waals surface area contributed by atoms with Crippen LogP contribution in [0.3, 0.4) is 0 Å². The van der Waals surface area contributed by atoms with Gasteiger partial charge in [-0.2, -0.15) is 0 Å². The second-order valence-corrected chi connectivity index (χ2v) is 8.79. The van der Waals surface area contributed by atoms with Gasteiger partial charge in [0.15, 0.2) is 0 Å². The minimum atomic E-state index is -0.528. The second kappa shape index (κ2) is 6.58. The van der Waals surface area contributed by atoms with Gasteiger partial charge in [-0.05, 0) is 69.1 Å². The normalized spacial score (nSPS) is 38.9. The lowest BCUT2D eigenvalue weighted by atomic mass is 9.52. The van der Waals surface area contributed by atoms with Crippen LogP contribution in [0.2, 0.25) is 0 Å². The summed E-state index contributed by atoms with van der Waals surface area (Å²) in [5.74, 6) is 2.00. The van der Waals surface area contributed by atoms with Crippen molar-refractivity contribution in [2.75, 3.05) is 0 Å². The Hall–Kier alpha value is -0.0800. The maximum absolute atomic E-state index is 10.4. The highest BCUT2D eigenvalue weighted by molar-refractivity contribution is 4.99. The molecule has 21 heavy (non-hydrogen) atoms. The van der Waals surface area contributed by atoms with E-state index in [1.54, 1.807) is 0 Å². The summed E-state index contributed by atoms with van der Waals surface area (Å²) in [5, 5.41) is 20.3. The van der Waals surface area contributed by atoms with E-state index in [-0.39, 0.29) is 6.10 Å². The van der Waals surface area contributed by atoms with E-state index in [0.717, 1.165) is 25.2 Å². The van der Waals surface area contributed by atoms with Crippen LogP contribution in [0.25, 0.3) is 0 Å². The van der Waals surface area contributed by atoms with Gasteiger partial charge in [0.1, 0.15) is 0 Å². The molecule has 2 rings (SSSR count). The predicted octanol–water partition coefficient (Wildman–Crippen LogP) is 4.53. The molecule has 0 heterocycles. The molecule has 2 fully saturated rings. The Morgan fingerprint density at radius 2 is 1.90 bits per heavy atom. The lowest BCUT2D eigenvalue weighted by molar-refractivity contribution is -0.0930. The highest BCUT2D eigenvalue weighted by atomic mass is 16.3. The highest BCUT2D eigenvalue weighted by Crippen LogP contribution is 2.56. The zero-order valence-electron chi connectivity index (χ0n) is 14.6. The van der Waals surface area contributed by atoms with E-state index >= 15 is 0 Å². The Morgan fingerprint density at radius 3 is 2.57 bits per heavy atom. The minimum Gasteiger partial charge on any atom is -0.393 e. The summed E-state index contributed by atoms with van der Waals surface area (Å²) in [6.07, 6.45) is 10.5. The number of hydrogen-bond acceptors (Lipinski definition) is 2. The van der Waals surface area contributed by atoms with Crippen LogP contribution in [0.1, 0.15) is 85.5 Å². The topological polar surface area (TPSA) is 40.5 Å². The van der Waals surface area contributed by atoms with E-state index in [1.165, 1.54) is 38.5 Å². The summed E-state index contributed by atoms with van der Waals surface area (Å²) in [7, 11) is 0. The predicted molar refractivity (Wildman–Crippen MR) is 88.1 cm³/mol. The zero-order chi connectivity index (χ0) is 15.7. The van der Waals surface area contributed by atoms with Crippen molar-refractivity contribution in [2.45, 2.75) is 97.2 Å². The first kappa shape index (κ1) is 17.3. The molecule has 2 N–H and O–H groups in total. The monoisotopic (exact) mass is 296 g/mol. The zero-order valence-corrected chi connectivity index (χ0v) is 14.6. The molecule has 0 aromatic carbocycles.